The average Bonchev–Trinajstić information content (AvgIpc) is 2.68. The van der Waals surface area contributed by atoms with Gasteiger partial charge in [0.1, 0.15) is 0 Å². The predicted molar refractivity (Wildman–Crippen MR) is 70.2 cm³/mol. The third-order valence-corrected chi connectivity index (χ3v) is 2.82. The largest absolute Gasteiger partial charge is 0.384 e. The Balaban J connectivity index is 2.04. The van der Waals surface area contributed by atoms with Crippen molar-refractivity contribution in [2.45, 2.75) is 6.92 Å². The Morgan fingerprint density at radius 1 is 1.53 bits per heavy atom. The smallest absolute Gasteiger partial charge is 0.243 e. The van der Waals surface area contributed by atoms with Gasteiger partial charge in [0.05, 0.1) is 6.61 Å². The molecule has 1 unspecified atom stereocenters. The summed E-state index contributed by atoms with van der Waals surface area (Å²) in [5, 5.41) is 7.53. The summed E-state index contributed by atoms with van der Waals surface area (Å²) in [7, 11) is 1.71. The maximum absolute atomic E-state index is 5.07. The number of pyridine rings is 1. The fourth-order valence-electron chi connectivity index (χ4n) is 1.54. The van der Waals surface area contributed by atoms with Crippen molar-refractivity contribution in [3.05, 3.63) is 22.8 Å². The minimum atomic E-state index is 0.429. The van der Waals surface area contributed by atoms with Crippen molar-refractivity contribution in [3.8, 4) is 0 Å². The predicted octanol–water partition coefficient (Wildman–Crippen LogP) is 2.19. The minimum absolute atomic E-state index is 0.429. The van der Waals surface area contributed by atoms with Gasteiger partial charge in [-0.15, -0.1) is 5.10 Å². The Morgan fingerprint density at radius 2 is 2.35 bits per heavy atom. The second kappa shape index (κ2) is 5.46. The van der Waals surface area contributed by atoms with E-state index < -0.39 is 0 Å². The molecule has 0 aliphatic carbocycles. The molecule has 2 rings (SSSR count). The summed E-state index contributed by atoms with van der Waals surface area (Å²) in [6.45, 7) is 3.64. The Hall–Kier alpha value is -1.14. The second-order valence-electron chi connectivity index (χ2n) is 4.03. The van der Waals surface area contributed by atoms with Crippen molar-refractivity contribution in [1.82, 2.24) is 14.6 Å². The molecule has 1 N–H and O–H groups in total. The van der Waals surface area contributed by atoms with Gasteiger partial charge in [0.15, 0.2) is 5.65 Å². The molecule has 2 aromatic heterocycles. The lowest BCUT2D eigenvalue weighted by atomic mass is 10.2. The van der Waals surface area contributed by atoms with Gasteiger partial charge in [0.25, 0.3) is 0 Å². The van der Waals surface area contributed by atoms with Crippen LogP contribution in [0.4, 0.5) is 5.95 Å². The van der Waals surface area contributed by atoms with E-state index in [4.69, 9.17) is 4.74 Å². The van der Waals surface area contributed by atoms with Crippen LogP contribution in [0.1, 0.15) is 6.92 Å². The van der Waals surface area contributed by atoms with Crippen molar-refractivity contribution >= 4 is 27.5 Å². The number of ether oxygens (including phenoxy) is 1. The summed E-state index contributed by atoms with van der Waals surface area (Å²) in [5.74, 6) is 1.07. The molecule has 17 heavy (non-hydrogen) atoms. The van der Waals surface area contributed by atoms with E-state index in [-0.39, 0.29) is 0 Å². The summed E-state index contributed by atoms with van der Waals surface area (Å²) in [4.78, 5) is 4.37. The fraction of sp³-hybridized carbons (Fsp3) is 0.455. The van der Waals surface area contributed by atoms with Crippen LogP contribution >= 0.6 is 15.9 Å². The third kappa shape index (κ3) is 3.17. The Labute approximate surface area is 108 Å². The van der Waals surface area contributed by atoms with Crippen LogP contribution in [0.2, 0.25) is 0 Å². The van der Waals surface area contributed by atoms with Gasteiger partial charge in [-0.25, -0.2) is 4.52 Å². The molecule has 0 aromatic carbocycles. The van der Waals surface area contributed by atoms with Crippen LogP contribution in [0.25, 0.3) is 5.65 Å². The van der Waals surface area contributed by atoms with E-state index in [9.17, 15) is 0 Å². The van der Waals surface area contributed by atoms with Gasteiger partial charge < -0.3 is 10.1 Å². The van der Waals surface area contributed by atoms with Gasteiger partial charge in [-0.05, 0) is 34.0 Å². The van der Waals surface area contributed by atoms with E-state index in [0.717, 1.165) is 23.3 Å². The summed E-state index contributed by atoms with van der Waals surface area (Å²) in [5.41, 5.74) is 0.829. The standard InChI is InChI=1S/C11H15BrN4O/c1-8(7-17-2)5-13-11-14-10-4-3-9(12)6-16(10)15-11/h3-4,6,8H,5,7H2,1-2H3,(H,13,15). The zero-order chi connectivity index (χ0) is 12.3. The lowest BCUT2D eigenvalue weighted by molar-refractivity contribution is 0.164. The summed E-state index contributed by atoms with van der Waals surface area (Å²) in [6, 6.07) is 3.86. The van der Waals surface area contributed by atoms with Crippen LogP contribution in [0.3, 0.4) is 0 Å². The number of nitrogens with one attached hydrogen (secondary N) is 1. The Bertz CT molecular complexity index is 499. The van der Waals surface area contributed by atoms with Crippen molar-refractivity contribution in [3.63, 3.8) is 0 Å². The van der Waals surface area contributed by atoms with Crippen LogP contribution in [0.5, 0.6) is 0 Å². The molecule has 6 heteroatoms. The molecule has 92 valence electrons. The number of rotatable bonds is 5. The first kappa shape index (κ1) is 12.3. The van der Waals surface area contributed by atoms with E-state index in [1.165, 1.54) is 0 Å². The summed E-state index contributed by atoms with van der Waals surface area (Å²) in [6.07, 6.45) is 1.88. The van der Waals surface area contributed by atoms with E-state index in [0.29, 0.717) is 11.9 Å². The SMILES string of the molecule is COCC(C)CNc1nc2ccc(Br)cn2n1. The van der Waals surface area contributed by atoms with Crippen LogP contribution in [-0.4, -0.2) is 34.9 Å². The van der Waals surface area contributed by atoms with E-state index in [1.54, 1.807) is 11.6 Å². The molecular formula is C11H15BrN4O. The zero-order valence-electron chi connectivity index (χ0n) is 9.85. The molecular weight excluding hydrogens is 284 g/mol. The highest BCUT2D eigenvalue weighted by Crippen LogP contribution is 2.12. The molecule has 0 aliphatic rings. The highest BCUT2D eigenvalue weighted by atomic mass is 79.9. The monoisotopic (exact) mass is 298 g/mol. The van der Waals surface area contributed by atoms with E-state index in [1.807, 2.05) is 18.3 Å². The maximum Gasteiger partial charge on any atom is 0.243 e. The second-order valence-corrected chi connectivity index (χ2v) is 4.94. The number of aromatic nitrogens is 3. The fourth-order valence-corrected chi connectivity index (χ4v) is 1.87. The summed E-state index contributed by atoms with van der Waals surface area (Å²) < 4.78 is 7.80. The van der Waals surface area contributed by atoms with Gasteiger partial charge >= 0.3 is 0 Å². The van der Waals surface area contributed by atoms with Gasteiger partial charge in [-0.3, -0.25) is 0 Å². The summed E-state index contributed by atoms with van der Waals surface area (Å²) >= 11 is 3.40. The van der Waals surface area contributed by atoms with Crippen molar-refractivity contribution in [2.75, 3.05) is 25.6 Å². The molecule has 0 radical (unpaired) electrons. The van der Waals surface area contributed by atoms with Crippen molar-refractivity contribution in [1.29, 1.82) is 0 Å². The highest BCUT2D eigenvalue weighted by Gasteiger charge is 2.05. The molecule has 0 aliphatic heterocycles. The average molecular weight is 299 g/mol. The van der Waals surface area contributed by atoms with Gasteiger partial charge in [0, 0.05) is 24.3 Å². The topological polar surface area (TPSA) is 51.5 Å². The lowest BCUT2D eigenvalue weighted by Crippen LogP contribution is -2.16. The molecule has 0 saturated heterocycles. The Kier molecular flexibility index (Phi) is 3.96. The number of hydrogen-bond acceptors (Lipinski definition) is 4. The van der Waals surface area contributed by atoms with Gasteiger partial charge in [0.2, 0.25) is 5.95 Å². The normalized spacial score (nSPS) is 12.9. The van der Waals surface area contributed by atoms with E-state index in [2.05, 4.69) is 38.3 Å². The zero-order valence-corrected chi connectivity index (χ0v) is 11.4. The third-order valence-electron chi connectivity index (χ3n) is 2.35. The van der Waals surface area contributed by atoms with Crippen molar-refractivity contribution < 1.29 is 4.74 Å². The number of halogens is 1. The molecule has 0 saturated carbocycles. The molecule has 2 aromatic rings. The highest BCUT2D eigenvalue weighted by molar-refractivity contribution is 9.10. The quantitative estimate of drug-likeness (QED) is 0.919. The Morgan fingerprint density at radius 3 is 3.12 bits per heavy atom. The first-order valence-corrected chi connectivity index (χ1v) is 6.23. The number of nitrogens with zero attached hydrogens (tertiary/aromatic N) is 3. The number of anilines is 1. The lowest BCUT2D eigenvalue weighted by Gasteiger charge is -2.09. The number of fused-ring (bicyclic) bond motifs is 1. The van der Waals surface area contributed by atoms with Crippen LogP contribution in [0, 0.1) is 5.92 Å². The minimum Gasteiger partial charge on any atom is -0.384 e. The molecule has 0 bridgehead atoms. The van der Waals surface area contributed by atoms with Crippen LogP contribution < -0.4 is 5.32 Å². The first-order chi connectivity index (χ1) is 8.19. The van der Waals surface area contributed by atoms with E-state index >= 15 is 0 Å². The van der Waals surface area contributed by atoms with Gasteiger partial charge in [-0.1, -0.05) is 6.92 Å². The maximum atomic E-state index is 5.07. The molecule has 5 nitrogen and oxygen atoms in total. The molecule has 1 atom stereocenters. The number of hydrogen-bond donors (Lipinski definition) is 1. The molecule has 0 spiro atoms. The molecule has 0 fully saturated rings. The van der Waals surface area contributed by atoms with Crippen LogP contribution in [0.15, 0.2) is 22.8 Å². The first-order valence-electron chi connectivity index (χ1n) is 5.44. The van der Waals surface area contributed by atoms with Crippen LogP contribution in [-0.2, 0) is 4.74 Å². The van der Waals surface area contributed by atoms with Gasteiger partial charge in [-0.2, -0.15) is 4.98 Å². The molecule has 2 heterocycles. The van der Waals surface area contributed by atoms with Crippen molar-refractivity contribution in [2.24, 2.45) is 5.92 Å². The number of methoxy groups -OCH3 is 1. The molecule has 0 amide bonds.